The third-order valence-electron chi connectivity index (χ3n) is 9.07. The first kappa shape index (κ1) is 31.6. The highest BCUT2D eigenvalue weighted by molar-refractivity contribution is 6.74. The normalized spacial score (nSPS) is 20.0. The Morgan fingerprint density at radius 1 is 1.18 bits per heavy atom. The predicted octanol–water partition coefficient (Wildman–Crippen LogP) is 6.83. The summed E-state index contributed by atoms with van der Waals surface area (Å²) in [6, 6.07) is 8.67. The van der Waals surface area contributed by atoms with Crippen LogP contribution >= 0.6 is 0 Å². The molecule has 1 saturated heterocycles. The minimum atomic E-state index is -2.00. The van der Waals surface area contributed by atoms with Crippen LogP contribution in [-0.2, 0) is 36.5 Å². The van der Waals surface area contributed by atoms with Crippen LogP contribution in [0.3, 0.4) is 0 Å². The van der Waals surface area contributed by atoms with E-state index >= 15 is 0 Å². The molecular weight excluding hydrogens is 506 g/mol. The topological polar surface area (TPSA) is 65.1 Å². The highest BCUT2D eigenvalue weighted by atomic mass is 28.4. The van der Waals surface area contributed by atoms with E-state index in [1.165, 1.54) is 31.1 Å². The van der Waals surface area contributed by atoms with Crippen molar-refractivity contribution in [1.82, 2.24) is 4.90 Å². The summed E-state index contributed by atoms with van der Waals surface area (Å²) in [5.74, 6) is 0.120. The molecular formula is C32H51NO5Si. The molecule has 1 aromatic carbocycles. The zero-order chi connectivity index (χ0) is 28.7. The molecule has 2 atom stereocenters. The maximum Gasteiger partial charge on any atom is 0.305 e. The summed E-state index contributed by atoms with van der Waals surface area (Å²) in [6.07, 6.45) is 12.5. The SMILES string of the molecule is COCc1cccc(C[C@@H](/C=C/[C@H]2CCC(=O)N2CCC2(CCCC(=O)OC)CC2)O[Si](C)(C)C(C)(C)C)c1. The van der Waals surface area contributed by atoms with E-state index in [-0.39, 0.29) is 29.1 Å². The van der Waals surface area contributed by atoms with Crippen LogP contribution in [-0.4, -0.2) is 58.0 Å². The number of hydrogen-bond donors (Lipinski definition) is 0. The lowest BCUT2D eigenvalue weighted by molar-refractivity contribution is -0.140. The molecule has 6 nitrogen and oxygen atoms in total. The molecule has 0 aromatic heterocycles. The molecule has 0 N–H and O–H groups in total. The van der Waals surface area contributed by atoms with Gasteiger partial charge in [0.05, 0.1) is 25.9 Å². The number of hydrogen-bond acceptors (Lipinski definition) is 5. The Bertz CT molecular complexity index is 995. The van der Waals surface area contributed by atoms with Gasteiger partial charge in [0.25, 0.3) is 0 Å². The van der Waals surface area contributed by atoms with Gasteiger partial charge in [0.15, 0.2) is 8.32 Å². The molecule has 39 heavy (non-hydrogen) atoms. The summed E-state index contributed by atoms with van der Waals surface area (Å²) in [6.45, 7) is 12.8. The Morgan fingerprint density at radius 3 is 2.54 bits per heavy atom. The molecule has 0 unspecified atom stereocenters. The molecule has 1 amide bonds. The monoisotopic (exact) mass is 557 g/mol. The number of rotatable bonds is 15. The first-order valence-corrected chi connectivity index (χ1v) is 17.6. The number of amides is 1. The van der Waals surface area contributed by atoms with Gasteiger partial charge in [-0.1, -0.05) is 57.2 Å². The van der Waals surface area contributed by atoms with E-state index in [0.29, 0.717) is 24.9 Å². The molecule has 1 aromatic rings. The van der Waals surface area contributed by atoms with Gasteiger partial charge in [-0.2, -0.15) is 0 Å². The van der Waals surface area contributed by atoms with Gasteiger partial charge in [0, 0.05) is 32.9 Å². The largest absolute Gasteiger partial charge is 0.469 e. The number of carbonyl (C=O) groups is 2. The Balaban J connectivity index is 1.68. The summed E-state index contributed by atoms with van der Waals surface area (Å²) >= 11 is 0. The van der Waals surface area contributed by atoms with Crippen molar-refractivity contribution >= 4 is 20.2 Å². The van der Waals surface area contributed by atoms with Crippen LogP contribution in [0.25, 0.3) is 0 Å². The minimum Gasteiger partial charge on any atom is -0.469 e. The van der Waals surface area contributed by atoms with E-state index in [2.05, 4.69) is 75.2 Å². The van der Waals surface area contributed by atoms with Crippen LogP contribution < -0.4 is 0 Å². The van der Waals surface area contributed by atoms with Crippen molar-refractivity contribution in [3.05, 3.63) is 47.5 Å². The second kappa shape index (κ2) is 13.6. The molecule has 2 aliphatic rings. The van der Waals surface area contributed by atoms with Crippen LogP contribution in [0.1, 0.15) is 83.3 Å². The zero-order valence-electron chi connectivity index (χ0n) is 25.4. The molecule has 1 aliphatic heterocycles. The fraction of sp³-hybridized carbons (Fsp3) is 0.688. The summed E-state index contributed by atoms with van der Waals surface area (Å²) in [4.78, 5) is 26.4. The Kier molecular flexibility index (Phi) is 11.0. The summed E-state index contributed by atoms with van der Waals surface area (Å²) in [5.41, 5.74) is 2.70. The van der Waals surface area contributed by atoms with Crippen LogP contribution in [0.4, 0.5) is 0 Å². The molecule has 0 spiro atoms. The van der Waals surface area contributed by atoms with E-state index in [1.807, 2.05) is 0 Å². The van der Waals surface area contributed by atoms with E-state index < -0.39 is 8.32 Å². The zero-order valence-corrected chi connectivity index (χ0v) is 26.4. The van der Waals surface area contributed by atoms with E-state index in [9.17, 15) is 9.59 Å². The second-order valence-corrected chi connectivity index (χ2v) is 17.9. The van der Waals surface area contributed by atoms with Gasteiger partial charge in [-0.25, -0.2) is 0 Å². The maximum absolute atomic E-state index is 12.9. The standard InChI is InChI=1S/C32H51NO5Si/c1-31(2,3)39(6,7)38-28(23-25-10-8-11-26(22-25)24-36-4)15-13-27-14-16-29(34)33(27)21-20-32(18-19-32)17-9-12-30(35)37-5/h8,10-11,13,15,22,27-28H,9,12,14,16-21,23-24H2,1-7H3/b15-13+/t27-,28+/m0/s1. The Morgan fingerprint density at radius 2 is 1.90 bits per heavy atom. The number of esters is 1. The smallest absolute Gasteiger partial charge is 0.305 e. The van der Waals surface area contributed by atoms with Crippen molar-refractivity contribution < 1.29 is 23.5 Å². The number of likely N-dealkylation sites (tertiary alicyclic amines) is 1. The average molecular weight is 558 g/mol. The van der Waals surface area contributed by atoms with E-state index in [4.69, 9.17) is 13.9 Å². The highest BCUT2D eigenvalue weighted by Crippen LogP contribution is 2.53. The lowest BCUT2D eigenvalue weighted by Crippen LogP contribution is -2.44. The Labute approximate surface area is 237 Å². The van der Waals surface area contributed by atoms with Crippen molar-refractivity contribution in [3.8, 4) is 0 Å². The molecule has 218 valence electrons. The minimum absolute atomic E-state index is 0.0469. The molecule has 1 heterocycles. The number of benzene rings is 1. The van der Waals surface area contributed by atoms with Crippen molar-refractivity contribution in [2.24, 2.45) is 5.41 Å². The number of carbonyl (C=O) groups excluding carboxylic acids is 2. The van der Waals surface area contributed by atoms with Gasteiger partial charge in [-0.05, 0) is 73.2 Å². The van der Waals surface area contributed by atoms with Crippen LogP contribution in [0, 0.1) is 5.41 Å². The highest BCUT2D eigenvalue weighted by Gasteiger charge is 2.43. The third-order valence-corrected chi connectivity index (χ3v) is 13.6. The first-order chi connectivity index (χ1) is 18.4. The first-order valence-electron chi connectivity index (χ1n) is 14.7. The van der Waals surface area contributed by atoms with Gasteiger partial charge in [0.1, 0.15) is 0 Å². The Hall–Kier alpha value is -1.96. The number of ether oxygens (including phenoxy) is 2. The molecule has 0 bridgehead atoms. The fourth-order valence-electron chi connectivity index (χ4n) is 5.32. The summed E-state index contributed by atoms with van der Waals surface area (Å²) < 4.78 is 17.0. The summed E-state index contributed by atoms with van der Waals surface area (Å²) in [7, 11) is 1.17. The number of nitrogens with zero attached hydrogens (tertiary/aromatic N) is 1. The van der Waals surface area contributed by atoms with Gasteiger partial charge in [0.2, 0.25) is 5.91 Å². The average Bonchev–Trinajstić information content (AvgIpc) is 3.55. The lowest BCUT2D eigenvalue weighted by Gasteiger charge is -2.39. The number of methoxy groups -OCH3 is 2. The van der Waals surface area contributed by atoms with Crippen LogP contribution in [0.5, 0.6) is 0 Å². The van der Waals surface area contributed by atoms with Crippen molar-refractivity contribution in [3.63, 3.8) is 0 Å². The molecule has 1 aliphatic carbocycles. The van der Waals surface area contributed by atoms with E-state index in [1.54, 1.807) is 7.11 Å². The van der Waals surface area contributed by atoms with Crippen molar-refractivity contribution in [2.75, 3.05) is 20.8 Å². The predicted molar refractivity (Wildman–Crippen MR) is 159 cm³/mol. The fourth-order valence-corrected chi connectivity index (χ4v) is 6.59. The maximum atomic E-state index is 12.9. The third kappa shape index (κ3) is 9.29. The van der Waals surface area contributed by atoms with Crippen molar-refractivity contribution in [2.45, 2.75) is 115 Å². The van der Waals surface area contributed by atoms with Crippen LogP contribution in [0.2, 0.25) is 18.1 Å². The van der Waals surface area contributed by atoms with Crippen molar-refractivity contribution in [1.29, 1.82) is 0 Å². The molecule has 3 rings (SSSR count). The van der Waals surface area contributed by atoms with Gasteiger partial charge >= 0.3 is 5.97 Å². The molecule has 1 saturated carbocycles. The second-order valence-electron chi connectivity index (χ2n) is 13.1. The lowest BCUT2D eigenvalue weighted by atomic mass is 9.94. The summed E-state index contributed by atoms with van der Waals surface area (Å²) in [5, 5.41) is 0.110. The van der Waals surface area contributed by atoms with Crippen LogP contribution in [0.15, 0.2) is 36.4 Å². The quantitative estimate of drug-likeness (QED) is 0.134. The van der Waals surface area contributed by atoms with E-state index in [0.717, 1.165) is 38.6 Å². The molecule has 7 heteroatoms. The molecule has 0 radical (unpaired) electrons. The van der Waals surface area contributed by atoms with Gasteiger partial charge < -0.3 is 18.8 Å². The van der Waals surface area contributed by atoms with Gasteiger partial charge in [-0.3, -0.25) is 9.59 Å². The van der Waals surface area contributed by atoms with Gasteiger partial charge in [-0.15, -0.1) is 0 Å². The molecule has 2 fully saturated rings.